The summed E-state index contributed by atoms with van der Waals surface area (Å²) in [5.41, 5.74) is 0.608. The molecule has 9 nitrogen and oxygen atoms in total. The predicted molar refractivity (Wildman–Crippen MR) is 69.9 cm³/mol. The highest BCUT2D eigenvalue weighted by Crippen LogP contribution is 2.32. The molecule has 1 saturated heterocycles. The van der Waals surface area contributed by atoms with Crippen LogP contribution in [0.15, 0.2) is 6.33 Å². The van der Waals surface area contributed by atoms with Crippen molar-refractivity contribution in [3.8, 4) is 6.01 Å². The Morgan fingerprint density at radius 1 is 1.38 bits per heavy atom. The molecule has 0 radical (unpaired) electrons. The van der Waals surface area contributed by atoms with E-state index in [0.717, 1.165) is 0 Å². The van der Waals surface area contributed by atoms with Gasteiger partial charge in [-0.2, -0.15) is 9.97 Å². The molecule has 3 rings (SSSR count). The Morgan fingerprint density at radius 2 is 2.14 bits per heavy atom. The third kappa shape index (κ3) is 2.23. The number of nitrogens with zero attached hydrogens (tertiary/aromatic N) is 4. The van der Waals surface area contributed by atoms with E-state index in [9.17, 15) is 10.2 Å². The van der Waals surface area contributed by atoms with Crippen LogP contribution >= 0.6 is 11.6 Å². The second kappa shape index (κ2) is 5.35. The molecule has 1 fully saturated rings. The van der Waals surface area contributed by atoms with E-state index in [4.69, 9.17) is 26.2 Å². The number of fused-ring (bicyclic) bond motifs is 1. The van der Waals surface area contributed by atoms with Crippen LogP contribution < -0.4 is 4.74 Å². The number of halogens is 1. The van der Waals surface area contributed by atoms with Gasteiger partial charge in [0, 0.05) is 0 Å². The highest BCUT2D eigenvalue weighted by molar-refractivity contribution is 6.33. The van der Waals surface area contributed by atoms with Crippen LogP contribution in [0, 0.1) is 0 Å². The van der Waals surface area contributed by atoms with E-state index >= 15 is 0 Å². The zero-order valence-corrected chi connectivity index (χ0v) is 11.7. The first kappa shape index (κ1) is 14.4. The molecule has 0 aliphatic carbocycles. The molecule has 2 aromatic heterocycles. The number of hydrogen-bond donors (Lipinski definition) is 3. The number of aliphatic hydroxyl groups is 3. The van der Waals surface area contributed by atoms with E-state index in [1.54, 1.807) is 0 Å². The van der Waals surface area contributed by atoms with Crippen molar-refractivity contribution in [1.29, 1.82) is 0 Å². The lowest BCUT2D eigenvalue weighted by molar-refractivity contribution is -0.0511. The molecule has 0 bridgehead atoms. The Hall–Kier alpha value is -1.52. The topological polar surface area (TPSA) is 123 Å². The van der Waals surface area contributed by atoms with E-state index in [-0.39, 0.29) is 11.2 Å². The van der Waals surface area contributed by atoms with Gasteiger partial charge in [0.25, 0.3) is 0 Å². The number of imidazole rings is 1. The van der Waals surface area contributed by atoms with Crippen LogP contribution in [0.3, 0.4) is 0 Å². The lowest BCUT2D eigenvalue weighted by atomic mass is 10.1. The van der Waals surface area contributed by atoms with Crippen molar-refractivity contribution in [2.75, 3.05) is 13.7 Å². The molecule has 0 saturated carbocycles. The van der Waals surface area contributed by atoms with E-state index in [1.807, 2.05) is 0 Å². The average Bonchev–Trinajstić information content (AvgIpc) is 3.02. The molecular weight excluding hydrogens is 304 g/mol. The van der Waals surface area contributed by atoms with E-state index < -0.39 is 31.1 Å². The minimum atomic E-state index is -1.24. The summed E-state index contributed by atoms with van der Waals surface area (Å²) in [5.74, 6) is 0. The van der Waals surface area contributed by atoms with Gasteiger partial charge >= 0.3 is 6.01 Å². The molecular formula is C11H13ClN4O5. The van der Waals surface area contributed by atoms with Crippen molar-refractivity contribution >= 4 is 22.8 Å². The van der Waals surface area contributed by atoms with Gasteiger partial charge in [-0.3, -0.25) is 4.57 Å². The Morgan fingerprint density at radius 3 is 2.76 bits per heavy atom. The summed E-state index contributed by atoms with van der Waals surface area (Å²) >= 11 is 5.98. The molecule has 0 unspecified atom stereocenters. The first-order valence-electron chi connectivity index (χ1n) is 6.13. The highest BCUT2D eigenvalue weighted by atomic mass is 35.5. The monoisotopic (exact) mass is 316 g/mol. The predicted octanol–water partition coefficient (Wildman–Crippen LogP) is -0.900. The molecule has 3 N–H and O–H groups in total. The van der Waals surface area contributed by atoms with E-state index in [2.05, 4.69) is 15.0 Å². The molecule has 2 aromatic rings. The van der Waals surface area contributed by atoms with Crippen molar-refractivity contribution in [2.45, 2.75) is 24.5 Å². The van der Waals surface area contributed by atoms with Gasteiger partial charge < -0.3 is 24.8 Å². The number of aliphatic hydroxyl groups excluding tert-OH is 3. The van der Waals surface area contributed by atoms with Crippen LogP contribution in [0.5, 0.6) is 6.01 Å². The Balaban J connectivity index is 2.07. The van der Waals surface area contributed by atoms with E-state index in [1.165, 1.54) is 18.0 Å². The summed E-state index contributed by atoms with van der Waals surface area (Å²) < 4.78 is 11.8. The Kier molecular flexibility index (Phi) is 3.68. The summed E-state index contributed by atoms with van der Waals surface area (Å²) in [6.45, 7) is -0.416. The van der Waals surface area contributed by atoms with Gasteiger partial charge in [-0.15, -0.1) is 0 Å². The van der Waals surface area contributed by atoms with Gasteiger partial charge in [0.05, 0.1) is 20.0 Å². The van der Waals surface area contributed by atoms with Crippen LogP contribution in [0.2, 0.25) is 5.15 Å². The van der Waals surface area contributed by atoms with Crippen LogP contribution in [0.1, 0.15) is 6.23 Å². The van der Waals surface area contributed by atoms with Crippen molar-refractivity contribution in [1.82, 2.24) is 19.5 Å². The molecule has 114 valence electrons. The molecule has 0 amide bonds. The number of aromatic nitrogens is 4. The molecule has 1 aliphatic heterocycles. The molecule has 0 spiro atoms. The van der Waals surface area contributed by atoms with Crippen LogP contribution in [-0.4, -0.2) is 66.9 Å². The van der Waals surface area contributed by atoms with Crippen molar-refractivity contribution in [3.05, 3.63) is 11.5 Å². The number of hydrogen-bond acceptors (Lipinski definition) is 8. The van der Waals surface area contributed by atoms with Crippen molar-refractivity contribution in [3.63, 3.8) is 0 Å². The van der Waals surface area contributed by atoms with Crippen molar-refractivity contribution in [2.24, 2.45) is 0 Å². The van der Waals surface area contributed by atoms with E-state index in [0.29, 0.717) is 11.2 Å². The maximum Gasteiger partial charge on any atom is 0.319 e. The number of ether oxygens (including phenoxy) is 2. The van der Waals surface area contributed by atoms with Gasteiger partial charge in [0.1, 0.15) is 23.8 Å². The second-order valence-corrected chi connectivity index (χ2v) is 4.91. The molecule has 1 aliphatic rings. The fourth-order valence-electron chi connectivity index (χ4n) is 2.25. The largest absolute Gasteiger partial charge is 0.467 e. The third-order valence-electron chi connectivity index (χ3n) is 3.33. The van der Waals surface area contributed by atoms with Gasteiger partial charge in [-0.05, 0) is 0 Å². The van der Waals surface area contributed by atoms with Gasteiger partial charge in [-0.1, -0.05) is 11.6 Å². The standard InChI is InChI=1S/C11H13ClN4O5/c1-20-11-14-8(12)5-9(15-11)16(3-13-5)10-7(19)6(18)4(2-17)21-10/h3-4,6-7,10,17-19H,2H2,1H3/t4-,6-,7-,10-/m1/s1. The zero-order valence-electron chi connectivity index (χ0n) is 10.9. The Labute approximate surface area is 123 Å². The maximum absolute atomic E-state index is 10.0. The number of methoxy groups -OCH3 is 1. The molecule has 21 heavy (non-hydrogen) atoms. The fourth-order valence-corrected chi connectivity index (χ4v) is 2.46. The Bertz CT molecular complexity index is 665. The first-order valence-corrected chi connectivity index (χ1v) is 6.51. The lowest BCUT2D eigenvalue weighted by Crippen LogP contribution is -2.33. The van der Waals surface area contributed by atoms with Gasteiger partial charge in [-0.25, -0.2) is 4.98 Å². The normalized spacial score (nSPS) is 29.2. The smallest absolute Gasteiger partial charge is 0.319 e. The molecule has 4 atom stereocenters. The quantitative estimate of drug-likeness (QED) is 0.623. The first-order chi connectivity index (χ1) is 10.1. The summed E-state index contributed by atoms with van der Waals surface area (Å²) in [6, 6.07) is 0.0426. The van der Waals surface area contributed by atoms with Crippen LogP contribution in [-0.2, 0) is 4.74 Å². The SMILES string of the molecule is COc1nc(Cl)c2ncn([C@@H]3O[C@H](CO)[C@@H](O)[C@H]3O)c2n1. The zero-order chi connectivity index (χ0) is 15.1. The van der Waals surface area contributed by atoms with Crippen LogP contribution in [0.25, 0.3) is 11.2 Å². The van der Waals surface area contributed by atoms with Crippen LogP contribution in [0.4, 0.5) is 0 Å². The van der Waals surface area contributed by atoms with Crippen molar-refractivity contribution < 1.29 is 24.8 Å². The minimum absolute atomic E-state index is 0.0426. The molecule has 0 aromatic carbocycles. The van der Waals surface area contributed by atoms with Gasteiger partial charge in [0.2, 0.25) is 0 Å². The van der Waals surface area contributed by atoms with Gasteiger partial charge in [0.15, 0.2) is 17.0 Å². The summed E-state index contributed by atoms with van der Waals surface area (Å²) in [5, 5.41) is 29.1. The molecule has 3 heterocycles. The summed E-state index contributed by atoms with van der Waals surface area (Å²) in [4.78, 5) is 12.1. The highest BCUT2D eigenvalue weighted by Gasteiger charge is 2.44. The second-order valence-electron chi connectivity index (χ2n) is 4.55. The minimum Gasteiger partial charge on any atom is -0.467 e. The third-order valence-corrected chi connectivity index (χ3v) is 3.60. The average molecular weight is 317 g/mol. The molecule has 10 heteroatoms. The fraction of sp³-hybridized carbons (Fsp3) is 0.545. The summed E-state index contributed by atoms with van der Waals surface area (Å²) in [6.07, 6.45) is -2.92. The summed E-state index contributed by atoms with van der Waals surface area (Å²) in [7, 11) is 1.39. The number of rotatable bonds is 3. The maximum atomic E-state index is 10.0. The lowest BCUT2D eigenvalue weighted by Gasteiger charge is -2.16.